The molecule has 0 heterocycles. The van der Waals surface area contributed by atoms with Crippen LogP contribution < -0.4 is 10.6 Å². The molecule has 0 unspecified atom stereocenters. The van der Waals surface area contributed by atoms with Crippen LogP contribution in [0.4, 0.5) is 10.5 Å². The molecule has 174 valence electrons. The van der Waals surface area contributed by atoms with E-state index in [9.17, 15) is 19.5 Å². The molecule has 1 aliphatic rings. The normalized spacial score (nSPS) is 12.9. The van der Waals surface area contributed by atoms with Crippen molar-refractivity contribution in [3.63, 3.8) is 0 Å². The molecule has 34 heavy (non-hydrogen) atoms. The molecule has 1 atom stereocenters. The molecule has 1 aliphatic carbocycles. The molecule has 3 aromatic carbocycles. The summed E-state index contributed by atoms with van der Waals surface area (Å²) < 4.78 is 6.26. The molecule has 0 bridgehead atoms. The number of benzene rings is 3. The number of amides is 2. The number of carboxylic acids is 1. The van der Waals surface area contributed by atoms with Gasteiger partial charge in [-0.3, -0.25) is 4.79 Å². The molecule has 0 spiro atoms. The van der Waals surface area contributed by atoms with Gasteiger partial charge in [-0.2, -0.15) is 0 Å². The third-order valence-corrected chi connectivity index (χ3v) is 6.36. The van der Waals surface area contributed by atoms with Crippen molar-refractivity contribution < 1.29 is 24.2 Å². The Bertz CT molecular complexity index is 1210. The van der Waals surface area contributed by atoms with Gasteiger partial charge in [0.05, 0.1) is 11.3 Å². The number of carbonyl (C=O) groups is 3. The van der Waals surface area contributed by atoms with E-state index in [0.29, 0.717) is 0 Å². The Labute approximate surface area is 210 Å². The number of hydrogen-bond acceptors (Lipinski definition) is 4. The molecule has 0 fully saturated rings. The van der Waals surface area contributed by atoms with E-state index < -0.39 is 24.0 Å². The van der Waals surface area contributed by atoms with Crippen LogP contribution in [0.1, 0.15) is 40.7 Å². The second kappa shape index (κ2) is 10.3. The fraction of sp³-hybridized carbons (Fsp3) is 0.192. The van der Waals surface area contributed by atoms with E-state index in [2.05, 4.69) is 22.8 Å². The molecule has 0 aliphatic heterocycles. The van der Waals surface area contributed by atoms with Crippen LogP contribution in [0.25, 0.3) is 11.1 Å². The van der Waals surface area contributed by atoms with Crippen molar-refractivity contribution in [2.24, 2.45) is 0 Å². The average Bonchev–Trinajstić information content (AvgIpc) is 3.12. The fourth-order valence-corrected chi connectivity index (χ4v) is 4.67. The highest BCUT2D eigenvalue weighted by Gasteiger charge is 2.29. The number of alkyl carbamates (subject to hydrolysis) is 1. The summed E-state index contributed by atoms with van der Waals surface area (Å²) in [5.74, 6) is -1.58. The van der Waals surface area contributed by atoms with E-state index in [1.807, 2.05) is 59.0 Å². The summed E-state index contributed by atoms with van der Waals surface area (Å²) in [7, 11) is 0. The van der Waals surface area contributed by atoms with Gasteiger partial charge in [-0.1, -0.05) is 48.5 Å². The van der Waals surface area contributed by atoms with Crippen molar-refractivity contribution in [1.29, 1.82) is 0 Å². The number of ether oxygens (including phenoxy) is 1. The smallest absolute Gasteiger partial charge is 0.407 e. The minimum absolute atomic E-state index is 0.0115. The zero-order chi connectivity index (χ0) is 24.2. The fourth-order valence-electron chi connectivity index (χ4n) is 4.17. The van der Waals surface area contributed by atoms with Crippen molar-refractivity contribution in [3.05, 3.63) is 87.0 Å². The van der Waals surface area contributed by atoms with Crippen molar-refractivity contribution in [2.75, 3.05) is 11.9 Å². The number of carbonyl (C=O) groups excluding carboxylic acids is 2. The number of aromatic carboxylic acids is 1. The van der Waals surface area contributed by atoms with Gasteiger partial charge in [0.1, 0.15) is 6.61 Å². The lowest BCUT2D eigenvalue weighted by molar-refractivity contribution is -0.116. The Morgan fingerprint density at radius 1 is 1.00 bits per heavy atom. The zero-order valence-electron chi connectivity index (χ0n) is 18.4. The Morgan fingerprint density at radius 3 is 2.24 bits per heavy atom. The maximum Gasteiger partial charge on any atom is 0.407 e. The van der Waals surface area contributed by atoms with E-state index in [4.69, 9.17) is 4.74 Å². The number of hydrogen-bond donors (Lipinski definition) is 3. The molecule has 8 heteroatoms. The molecule has 7 nitrogen and oxygen atoms in total. The topological polar surface area (TPSA) is 105 Å². The molecule has 2 amide bonds. The predicted molar refractivity (Wildman–Crippen MR) is 137 cm³/mol. The van der Waals surface area contributed by atoms with Crippen LogP contribution >= 0.6 is 22.6 Å². The minimum Gasteiger partial charge on any atom is -0.478 e. The van der Waals surface area contributed by atoms with Crippen molar-refractivity contribution in [3.8, 4) is 11.1 Å². The van der Waals surface area contributed by atoms with Crippen LogP contribution in [0.5, 0.6) is 0 Å². The van der Waals surface area contributed by atoms with Gasteiger partial charge in [0.15, 0.2) is 0 Å². The number of rotatable bonds is 7. The second-order valence-electron chi connectivity index (χ2n) is 8.12. The Kier molecular flexibility index (Phi) is 7.16. The van der Waals surface area contributed by atoms with Gasteiger partial charge in [0.25, 0.3) is 0 Å². The molecule has 0 radical (unpaired) electrons. The van der Waals surface area contributed by atoms with Crippen LogP contribution in [0.2, 0.25) is 0 Å². The molecule has 0 saturated heterocycles. The monoisotopic (exact) mass is 570 g/mol. The van der Waals surface area contributed by atoms with Crippen LogP contribution in [0.3, 0.4) is 0 Å². The molecular weight excluding hydrogens is 547 g/mol. The highest BCUT2D eigenvalue weighted by Crippen LogP contribution is 2.44. The summed E-state index contributed by atoms with van der Waals surface area (Å²) in [4.78, 5) is 36.2. The number of carboxylic acid groups (broad SMARTS) is 1. The largest absolute Gasteiger partial charge is 0.478 e. The third-order valence-electron chi connectivity index (χ3n) is 5.69. The lowest BCUT2D eigenvalue weighted by atomic mass is 9.98. The van der Waals surface area contributed by atoms with Crippen LogP contribution in [-0.4, -0.2) is 35.7 Å². The van der Waals surface area contributed by atoms with Gasteiger partial charge >= 0.3 is 12.1 Å². The summed E-state index contributed by atoms with van der Waals surface area (Å²) in [6.45, 7) is 1.87. The maximum atomic E-state index is 12.4. The van der Waals surface area contributed by atoms with Crippen molar-refractivity contribution in [2.45, 2.75) is 25.3 Å². The first-order valence-corrected chi connectivity index (χ1v) is 11.9. The first-order chi connectivity index (χ1) is 16.3. The van der Waals surface area contributed by atoms with Crippen LogP contribution in [-0.2, 0) is 9.53 Å². The quantitative estimate of drug-likeness (QED) is 0.337. The molecule has 3 N–H and O–H groups in total. The lowest BCUT2D eigenvalue weighted by Gasteiger charge is -2.17. The van der Waals surface area contributed by atoms with Crippen LogP contribution in [0.15, 0.2) is 66.7 Å². The predicted octanol–water partition coefficient (Wildman–Crippen LogP) is 5.25. The number of nitrogens with one attached hydrogen (secondary N) is 2. The molecule has 0 aromatic heterocycles. The number of halogens is 1. The van der Waals surface area contributed by atoms with E-state index in [-0.39, 0.29) is 30.2 Å². The van der Waals surface area contributed by atoms with Gasteiger partial charge in [-0.15, -0.1) is 0 Å². The van der Waals surface area contributed by atoms with Gasteiger partial charge in [-0.25, -0.2) is 9.59 Å². The Balaban J connectivity index is 1.32. The Hall–Kier alpha value is -3.40. The summed E-state index contributed by atoms with van der Waals surface area (Å²) in [6.07, 6.45) is -0.641. The van der Waals surface area contributed by atoms with Gasteiger partial charge in [0.2, 0.25) is 5.91 Å². The molecule has 3 aromatic rings. The Morgan fingerprint density at radius 2 is 1.62 bits per heavy atom. The number of anilines is 1. The van der Waals surface area contributed by atoms with Gasteiger partial charge in [-0.05, 0) is 70.0 Å². The SMILES string of the molecule is C[C@H](CC(=O)Nc1ccc(I)cc1C(=O)O)NC(=O)OCC1c2ccccc2-c2ccccc21. The van der Waals surface area contributed by atoms with E-state index in [1.54, 1.807) is 19.1 Å². The van der Waals surface area contributed by atoms with Crippen LogP contribution in [0, 0.1) is 3.57 Å². The lowest BCUT2D eigenvalue weighted by Crippen LogP contribution is -2.36. The first-order valence-electron chi connectivity index (χ1n) is 10.8. The average molecular weight is 570 g/mol. The van der Waals surface area contributed by atoms with Gasteiger partial charge in [0, 0.05) is 22.0 Å². The highest BCUT2D eigenvalue weighted by molar-refractivity contribution is 14.1. The summed E-state index contributed by atoms with van der Waals surface area (Å²) in [6, 6.07) is 20.4. The second-order valence-corrected chi connectivity index (χ2v) is 9.36. The van der Waals surface area contributed by atoms with Gasteiger partial charge < -0.3 is 20.5 Å². The summed E-state index contributed by atoms with van der Waals surface area (Å²) in [5.41, 5.74) is 4.76. The zero-order valence-corrected chi connectivity index (χ0v) is 20.5. The third kappa shape index (κ3) is 5.22. The molecular formula is C26H23IN2O5. The maximum absolute atomic E-state index is 12.4. The van der Waals surface area contributed by atoms with E-state index in [1.165, 1.54) is 6.07 Å². The van der Waals surface area contributed by atoms with Crippen molar-refractivity contribution in [1.82, 2.24) is 5.32 Å². The highest BCUT2D eigenvalue weighted by atomic mass is 127. The molecule has 4 rings (SSSR count). The molecule has 0 saturated carbocycles. The van der Waals surface area contributed by atoms with E-state index >= 15 is 0 Å². The minimum atomic E-state index is -1.13. The number of fused-ring (bicyclic) bond motifs is 3. The summed E-state index contributed by atoms with van der Waals surface area (Å²) in [5, 5.41) is 14.6. The standard InChI is InChI=1S/C26H23IN2O5/c1-15(12-24(30)29-23-11-10-16(27)13-21(23)25(31)32)28-26(33)34-14-22-19-8-4-2-6-17(19)18-7-3-5-9-20(18)22/h2-11,13,15,22H,12,14H2,1H3,(H,28,33)(H,29,30)(H,31,32)/t15-/m1/s1. The summed E-state index contributed by atoms with van der Waals surface area (Å²) >= 11 is 2.01. The van der Waals surface area contributed by atoms with Crippen molar-refractivity contribution >= 4 is 46.2 Å². The van der Waals surface area contributed by atoms with E-state index in [0.717, 1.165) is 25.8 Å². The first kappa shape index (κ1) is 23.7.